The molecule has 0 radical (unpaired) electrons. The van der Waals surface area contributed by atoms with Gasteiger partial charge in [-0.1, -0.05) is 125 Å². The minimum absolute atomic E-state index is 0.0224. The second kappa shape index (κ2) is 57.4. The number of carbonyl (C=O) groups is 7. The molecular formula is C92H114BrCl2N5O29S. The maximum absolute atomic E-state index is 12.7. The van der Waals surface area contributed by atoms with E-state index in [0.29, 0.717) is 56.8 Å². The van der Waals surface area contributed by atoms with Gasteiger partial charge in [-0.3, -0.25) is 74.0 Å². The molecule has 0 aromatic heterocycles. The molecule has 7 aromatic carbocycles. The normalized spacial score (nSPS) is 14.0. The van der Waals surface area contributed by atoms with Crippen molar-refractivity contribution in [1.82, 2.24) is 0 Å². The predicted molar refractivity (Wildman–Crippen MR) is 488 cm³/mol. The van der Waals surface area contributed by atoms with Gasteiger partial charge in [-0.05, 0) is 212 Å². The molecule has 5 aliphatic rings. The molecule has 0 bridgehead atoms. The third-order valence-corrected chi connectivity index (χ3v) is 22.6. The van der Waals surface area contributed by atoms with Gasteiger partial charge in [-0.2, -0.15) is 0 Å². The number of benzene rings is 7. The minimum Gasteiger partial charge on any atom is -0.508 e. The zero-order chi connectivity index (χ0) is 96.1. The number of hydrogen-bond donors (Lipinski definition) is 6. The Bertz CT molecular complexity index is 4910. The number of nitrogen functional groups attached to an aromatic ring is 1. The molecule has 38 heteroatoms. The molecule has 0 heterocycles. The van der Waals surface area contributed by atoms with E-state index in [1.165, 1.54) is 52.0 Å². The van der Waals surface area contributed by atoms with Crippen LogP contribution in [0.5, 0.6) is 28.7 Å². The summed E-state index contributed by atoms with van der Waals surface area (Å²) in [5.41, 5.74) is 12.6. The van der Waals surface area contributed by atoms with Crippen LogP contribution in [-0.4, -0.2) is 139 Å². The Hall–Kier alpha value is -11.6. The molecule has 7 N–H and O–H groups in total. The Morgan fingerprint density at radius 1 is 0.438 bits per heavy atom. The summed E-state index contributed by atoms with van der Waals surface area (Å²) in [6, 6.07) is 34.4. The monoisotopic (exact) mass is 1930 g/mol. The van der Waals surface area contributed by atoms with Crippen molar-refractivity contribution in [3.8, 4) is 28.7 Å². The Balaban J connectivity index is 0.000000279. The first-order valence-electron chi connectivity index (χ1n) is 42.6. The van der Waals surface area contributed by atoms with Crippen LogP contribution in [0.15, 0.2) is 126 Å². The van der Waals surface area contributed by atoms with Crippen molar-refractivity contribution in [3.05, 3.63) is 227 Å². The molecular weight excluding hydrogens is 1820 g/mol. The molecule has 130 heavy (non-hydrogen) atoms. The average Bonchev–Trinajstić information content (AvgIpc) is 1.28. The number of anilines is 1. The van der Waals surface area contributed by atoms with Crippen LogP contribution >= 0.6 is 37.3 Å². The number of nitro groups is 4. The number of nitro benzene ring substituents is 4. The fraction of sp³-hybridized carbons (Fsp3) is 0.467. The first kappa shape index (κ1) is 109. The number of aliphatic carboxylic acids is 1. The van der Waals surface area contributed by atoms with Crippen LogP contribution in [0.2, 0.25) is 0 Å². The number of ether oxygens (including phenoxy) is 8. The third-order valence-electron chi connectivity index (χ3n) is 21.9. The highest BCUT2D eigenvalue weighted by atomic mass is 79.9. The van der Waals surface area contributed by atoms with Gasteiger partial charge < -0.3 is 69.2 Å². The highest BCUT2D eigenvalue weighted by molar-refractivity contribution is 9.10. The van der Waals surface area contributed by atoms with Gasteiger partial charge in [-0.15, -0.1) is 0 Å². The maximum Gasteiger partial charge on any atom is 0.325 e. The van der Waals surface area contributed by atoms with Crippen LogP contribution in [0.25, 0.3) is 0 Å². The summed E-state index contributed by atoms with van der Waals surface area (Å²) in [7, 11) is 11.0. The standard InChI is InChI=1S/C25H29NO7.C18H18BrNO3.C14H17NO5.C14H19NO3.C13H15NO5.C7H12O4.CH4O.Cl2OS/c1-3-31-24(27)23(25(28)32-4-2)20-14-19(18-12-8-9-13-18)22(15-21(20)26(29)30)33-16-17-10-6-5-7-11-17;19-16-10-15(14-8-4-5-9-14)18(11-17(16)20(21)22)23-12-13-6-2-1-3-7-13;1-20-14(17)7-10-6-11(9-4-2-3-5-9)13(16)8-12(10)15(18)19;1-18-14(17)7-10-6-11(9-4-2-3-5-9)13(16)8-12(10)15;15-12-7-11(14(18)19)9(6-13(16)17)5-10(12)8-3-1-2-4-8;1-3-10-6(8)5-7(9)11-4-2;1-2;1-4(2)3/h5-7,10-11,14-15,18,23H,3-4,8-9,12-13,16H2,1-2H3;1-3,6-7,10-11,14H,4-5,8-9,12H2;6,8-9,16H,2-5,7H2,1H3;6,8-9,16H,2-5,7,15H2,1H3;5,7-8,15H,1-4,6H2,(H,16,17);3-5H2,1-2H3;2H,1H3;. The SMILES string of the molecule is CCOC(=O)C(C(=O)OCC)c1cc(C2CCCC2)c(OCc2ccccc2)cc1[N+](=O)[O-].CCOC(=O)CC(=O)OCC.CO.COC(=O)Cc1cc(C2CCCC2)c(O)cc1N.COC(=O)Cc1cc(C2CCCC2)c(O)cc1[N+](=O)[O-].O=C(O)Cc1cc(C2CCCC2)c(O)cc1[N+](=O)[O-].O=S(Cl)Cl.O=[N+]([O-])c1cc(OCc2ccccc2)c(C2CCCC2)cc1Br. The molecule has 0 atom stereocenters. The van der Waals surface area contributed by atoms with Crippen LogP contribution in [0.4, 0.5) is 28.4 Å². The fourth-order valence-electron chi connectivity index (χ4n) is 15.9. The zero-order valence-corrected chi connectivity index (χ0v) is 77.6. The van der Waals surface area contributed by atoms with Crippen molar-refractivity contribution in [2.24, 2.45) is 0 Å². The van der Waals surface area contributed by atoms with Gasteiger partial charge in [0, 0.05) is 51.4 Å². The Labute approximate surface area is 773 Å². The zero-order valence-electron chi connectivity index (χ0n) is 73.7. The summed E-state index contributed by atoms with van der Waals surface area (Å²) in [5.74, 6) is -3.86. The van der Waals surface area contributed by atoms with E-state index in [9.17, 15) is 89.3 Å². The van der Waals surface area contributed by atoms with E-state index in [2.05, 4.69) is 56.2 Å². The molecule has 34 nitrogen and oxygen atoms in total. The lowest BCUT2D eigenvalue weighted by Gasteiger charge is -2.20. The lowest BCUT2D eigenvalue weighted by Crippen LogP contribution is -2.27. The molecule has 0 saturated heterocycles. The number of esters is 6. The molecule has 5 saturated carbocycles. The van der Waals surface area contributed by atoms with E-state index in [4.69, 9.17) is 39.1 Å². The smallest absolute Gasteiger partial charge is 0.325 e. The number of carbonyl (C=O) groups excluding carboxylic acids is 6. The predicted octanol–water partition coefficient (Wildman–Crippen LogP) is 19.4. The number of nitrogens with zero attached hydrogens (tertiary/aromatic N) is 4. The van der Waals surface area contributed by atoms with E-state index in [1.807, 2.05) is 72.8 Å². The number of rotatable bonds is 30. The van der Waals surface area contributed by atoms with Gasteiger partial charge >= 0.3 is 41.8 Å². The van der Waals surface area contributed by atoms with Crippen molar-refractivity contribution in [2.45, 2.75) is 231 Å². The number of aliphatic hydroxyl groups excluding tert-OH is 1. The topological polar surface area (TPSA) is 510 Å². The van der Waals surface area contributed by atoms with E-state index >= 15 is 0 Å². The molecule has 7 aromatic rings. The molecule has 12 rings (SSSR count). The Kier molecular flexibility index (Phi) is 48.1. The first-order chi connectivity index (χ1) is 62.2. The molecule has 0 aliphatic heterocycles. The molecule has 5 aliphatic carbocycles. The lowest BCUT2D eigenvalue weighted by atomic mass is 9.89. The number of carboxylic acid groups (broad SMARTS) is 1. The summed E-state index contributed by atoms with van der Waals surface area (Å²) in [6.45, 7) is 7.91. The summed E-state index contributed by atoms with van der Waals surface area (Å²) in [4.78, 5) is 123. The van der Waals surface area contributed by atoms with E-state index < -0.39 is 72.2 Å². The van der Waals surface area contributed by atoms with Crippen molar-refractivity contribution in [2.75, 3.05) is 53.5 Å². The number of phenols is 3. The van der Waals surface area contributed by atoms with Crippen molar-refractivity contribution in [3.63, 3.8) is 0 Å². The molecule has 5 fully saturated rings. The van der Waals surface area contributed by atoms with Crippen LogP contribution in [0.3, 0.4) is 0 Å². The summed E-state index contributed by atoms with van der Waals surface area (Å²) in [6.07, 6.45) is 20.5. The van der Waals surface area contributed by atoms with E-state index in [-0.39, 0.29) is 132 Å². The molecule has 0 spiro atoms. The van der Waals surface area contributed by atoms with Crippen molar-refractivity contribution < 1.29 is 121 Å². The van der Waals surface area contributed by atoms with Gasteiger partial charge in [-0.25, -0.2) is 4.21 Å². The largest absolute Gasteiger partial charge is 0.508 e. The van der Waals surface area contributed by atoms with Gasteiger partial charge in [0.1, 0.15) is 48.4 Å². The quantitative estimate of drug-likeness (QED) is 0.00463. The van der Waals surface area contributed by atoms with E-state index in [1.54, 1.807) is 52.0 Å². The van der Waals surface area contributed by atoms with Gasteiger partial charge in [0.05, 0.1) is 114 Å². The third kappa shape index (κ3) is 35.4. The van der Waals surface area contributed by atoms with E-state index in [0.717, 1.165) is 155 Å². The van der Waals surface area contributed by atoms with Gasteiger partial charge in [0.25, 0.3) is 22.7 Å². The number of phenolic OH excluding ortho intramolecular Hbond substituents is 3. The second-order valence-electron chi connectivity index (χ2n) is 30.4. The number of halogens is 3. The Morgan fingerprint density at radius 3 is 1.08 bits per heavy atom. The first-order valence-corrected chi connectivity index (χ1v) is 46.2. The molecule has 0 unspecified atom stereocenters. The Morgan fingerprint density at radius 2 is 0.746 bits per heavy atom. The molecule has 708 valence electrons. The summed E-state index contributed by atoms with van der Waals surface area (Å²) < 4.78 is 50.0. The number of nitrogens with two attached hydrogens (primary N) is 1. The number of hydrogen-bond acceptors (Lipinski definition) is 29. The van der Waals surface area contributed by atoms with Crippen molar-refractivity contribution >= 4 is 117 Å². The number of carboxylic acids is 1. The lowest BCUT2D eigenvalue weighted by molar-refractivity contribution is -0.385. The highest BCUT2D eigenvalue weighted by Gasteiger charge is 2.40. The number of aliphatic hydroxyl groups is 1. The number of aromatic hydroxyl groups is 3. The van der Waals surface area contributed by atoms with Crippen LogP contribution in [0, 0.1) is 40.5 Å². The highest BCUT2D eigenvalue weighted by Crippen LogP contribution is 2.48. The number of methoxy groups -OCH3 is 2. The molecule has 0 amide bonds. The van der Waals surface area contributed by atoms with Crippen LogP contribution < -0.4 is 15.2 Å². The minimum atomic E-state index is -1.67. The van der Waals surface area contributed by atoms with Gasteiger partial charge in [0.15, 0.2) is 5.92 Å². The average molecular weight is 1940 g/mol. The van der Waals surface area contributed by atoms with Gasteiger partial charge in [0.2, 0.25) is 9.23 Å². The van der Waals surface area contributed by atoms with Crippen LogP contribution in [0.1, 0.15) is 259 Å². The summed E-state index contributed by atoms with van der Waals surface area (Å²) >= 11 is 3.33. The second-order valence-corrected chi connectivity index (χ2v) is 33.8. The van der Waals surface area contributed by atoms with Crippen LogP contribution in [-0.2, 0) is 104 Å². The fourth-order valence-corrected chi connectivity index (χ4v) is 16.4. The summed E-state index contributed by atoms with van der Waals surface area (Å²) in [5, 5.41) is 90.8. The maximum atomic E-state index is 12.7. The van der Waals surface area contributed by atoms with Crippen molar-refractivity contribution in [1.29, 1.82) is 0 Å².